The maximum Gasteiger partial charge on any atom is -0.00206 e. The van der Waals surface area contributed by atoms with E-state index < -0.39 is 0 Å². The zero-order valence-corrected chi connectivity index (χ0v) is 7.77. The molecule has 0 saturated carbocycles. The second-order valence-electron chi connectivity index (χ2n) is 3.05. The Bertz CT molecular complexity index is 427. The zero-order valence-electron chi connectivity index (χ0n) is 7.77. The molecule has 66 valence electrons. The summed E-state index contributed by atoms with van der Waals surface area (Å²) in [6.45, 7) is 5.44. The molecule has 0 aliphatic heterocycles. The second-order valence-corrected chi connectivity index (χ2v) is 3.05. The van der Waals surface area contributed by atoms with Crippen LogP contribution in [0.4, 0.5) is 0 Å². The SMILES string of the molecule is [CH]=Cc1[c]c(-c2ccccc2)ccc1. The Morgan fingerprint density at radius 1 is 0.929 bits per heavy atom. The van der Waals surface area contributed by atoms with E-state index in [9.17, 15) is 0 Å². The first-order chi connectivity index (χ1) is 6.90. The van der Waals surface area contributed by atoms with Crippen molar-refractivity contribution >= 4 is 6.08 Å². The van der Waals surface area contributed by atoms with Crippen LogP contribution < -0.4 is 0 Å². The van der Waals surface area contributed by atoms with Gasteiger partial charge in [0.2, 0.25) is 0 Å². The van der Waals surface area contributed by atoms with Gasteiger partial charge in [0.15, 0.2) is 0 Å². The highest BCUT2D eigenvalue weighted by atomic mass is 14.0. The highest BCUT2D eigenvalue weighted by molar-refractivity contribution is 5.65. The van der Waals surface area contributed by atoms with Crippen molar-refractivity contribution in [3.8, 4) is 11.1 Å². The van der Waals surface area contributed by atoms with Gasteiger partial charge >= 0.3 is 0 Å². The summed E-state index contributed by atoms with van der Waals surface area (Å²) in [6.07, 6.45) is 1.56. The maximum atomic E-state index is 5.44. The molecule has 0 heteroatoms. The number of benzene rings is 2. The van der Waals surface area contributed by atoms with Gasteiger partial charge in [0.1, 0.15) is 0 Å². The lowest BCUT2D eigenvalue weighted by Gasteiger charge is -2.01. The molecule has 2 rings (SSSR count). The van der Waals surface area contributed by atoms with Crippen LogP contribution in [0, 0.1) is 12.6 Å². The van der Waals surface area contributed by atoms with Crippen molar-refractivity contribution in [2.75, 3.05) is 0 Å². The largest absolute Gasteiger partial charge is 0.0622 e. The van der Waals surface area contributed by atoms with Crippen molar-refractivity contribution in [2.45, 2.75) is 0 Å². The summed E-state index contributed by atoms with van der Waals surface area (Å²) < 4.78 is 0. The molecule has 0 N–H and O–H groups in total. The molecule has 0 spiro atoms. The van der Waals surface area contributed by atoms with E-state index in [1.54, 1.807) is 6.08 Å². The predicted octanol–water partition coefficient (Wildman–Crippen LogP) is 3.60. The average Bonchev–Trinajstić information content (AvgIpc) is 2.30. The van der Waals surface area contributed by atoms with Gasteiger partial charge in [0.05, 0.1) is 0 Å². The van der Waals surface area contributed by atoms with Gasteiger partial charge in [-0.05, 0) is 22.8 Å². The van der Waals surface area contributed by atoms with Gasteiger partial charge in [0, 0.05) is 0 Å². The van der Waals surface area contributed by atoms with Crippen molar-refractivity contribution < 1.29 is 0 Å². The fraction of sp³-hybridized carbons (Fsp3) is 0. The van der Waals surface area contributed by atoms with E-state index in [0.717, 1.165) is 16.7 Å². The average molecular weight is 178 g/mol. The van der Waals surface area contributed by atoms with Gasteiger partial charge in [-0.25, -0.2) is 0 Å². The standard InChI is InChI=1S/C14H10/c1-2-12-7-6-10-14(11-12)13-8-4-3-5-9-13/h1-10H. The quantitative estimate of drug-likeness (QED) is 0.659. The van der Waals surface area contributed by atoms with Crippen molar-refractivity contribution in [3.05, 3.63) is 66.7 Å². The fourth-order valence-corrected chi connectivity index (χ4v) is 1.37. The Hall–Kier alpha value is -1.82. The van der Waals surface area contributed by atoms with Crippen LogP contribution in [0.25, 0.3) is 17.2 Å². The molecular weight excluding hydrogens is 168 g/mol. The Kier molecular flexibility index (Phi) is 2.46. The van der Waals surface area contributed by atoms with E-state index >= 15 is 0 Å². The molecule has 2 radical (unpaired) electrons. The minimum Gasteiger partial charge on any atom is -0.0622 e. The van der Waals surface area contributed by atoms with Crippen molar-refractivity contribution in [1.82, 2.24) is 0 Å². The van der Waals surface area contributed by atoms with Crippen LogP contribution in [0.5, 0.6) is 0 Å². The summed E-state index contributed by atoms with van der Waals surface area (Å²) in [5, 5.41) is 0. The van der Waals surface area contributed by atoms with E-state index in [4.69, 9.17) is 6.58 Å². The minimum atomic E-state index is 0.923. The monoisotopic (exact) mass is 178 g/mol. The molecule has 0 aromatic heterocycles. The maximum absolute atomic E-state index is 5.44. The molecule has 0 aliphatic rings. The van der Waals surface area contributed by atoms with Crippen LogP contribution in [0.3, 0.4) is 0 Å². The van der Waals surface area contributed by atoms with Gasteiger partial charge in [-0.1, -0.05) is 61.2 Å². The lowest BCUT2D eigenvalue weighted by atomic mass is 10.0. The second kappa shape index (κ2) is 3.93. The Morgan fingerprint density at radius 2 is 1.71 bits per heavy atom. The fourth-order valence-electron chi connectivity index (χ4n) is 1.37. The van der Waals surface area contributed by atoms with Crippen LogP contribution in [-0.4, -0.2) is 0 Å². The van der Waals surface area contributed by atoms with Crippen molar-refractivity contribution in [1.29, 1.82) is 0 Å². The Morgan fingerprint density at radius 3 is 2.43 bits per heavy atom. The summed E-state index contributed by atoms with van der Waals surface area (Å²) in [4.78, 5) is 0. The summed E-state index contributed by atoms with van der Waals surface area (Å²) in [7, 11) is 0. The van der Waals surface area contributed by atoms with Crippen molar-refractivity contribution in [2.24, 2.45) is 0 Å². The molecule has 0 atom stereocenters. The highest BCUT2D eigenvalue weighted by Gasteiger charge is 1.96. The molecule has 0 fully saturated rings. The van der Waals surface area contributed by atoms with Gasteiger partial charge in [-0.15, -0.1) is 0 Å². The normalized spacial score (nSPS) is 9.71. The Balaban J connectivity index is 2.47. The summed E-state index contributed by atoms with van der Waals surface area (Å²) in [5.41, 5.74) is 3.16. The first-order valence-corrected chi connectivity index (χ1v) is 4.53. The highest BCUT2D eigenvalue weighted by Crippen LogP contribution is 2.19. The molecule has 0 bridgehead atoms. The summed E-state index contributed by atoms with van der Waals surface area (Å²) in [5.74, 6) is 0. The number of rotatable bonds is 2. The molecule has 2 aromatic rings. The van der Waals surface area contributed by atoms with Crippen LogP contribution in [-0.2, 0) is 0 Å². The topological polar surface area (TPSA) is 0 Å². The molecule has 0 nitrogen and oxygen atoms in total. The zero-order chi connectivity index (χ0) is 9.80. The first kappa shape index (κ1) is 8.76. The molecule has 0 unspecified atom stereocenters. The van der Waals surface area contributed by atoms with Gasteiger partial charge in [-0.3, -0.25) is 0 Å². The first-order valence-electron chi connectivity index (χ1n) is 4.53. The van der Waals surface area contributed by atoms with E-state index in [1.807, 2.05) is 36.4 Å². The Labute approximate surface area is 84.5 Å². The molecule has 14 heavy (non-hydrogen) atoms. The molecule has 2 aromatic carbocycles. The lowest BCUT2D eigenvalue weighted by molar-refractivity contribution is 1.59. The van der Waals surface area contributed by atoms with Crippen LogP contribution >= 0.6 is 0 Å². The van der Waals surface area contributed by atoms with Gasteiger partial charge in [-0.2, -0.15) is 0 Å². The number of hydrogen-bond donors (Lipinski definition) is 0. The third-order valence-electron chi connectivity index (χ3n) is 2.08. The summed E-state index contributed by atoms with van der Waals surface area (Å²) >= 11 is 0. The number of hydrogen-bond acceptors (Lipinski definition) is 0. The predicted molar refractivity (Wildman–Crippen MR) is 59.5 cm³/mol. The smallest absolute Gasteiger partial charge is 0.00206 e. The summed E-state index contributed by atoms with van der Waals surface area (Å²) in [6, 6.07) is 19.3. The minimum absolute atomic E-state index is 0.923. The molecule has 0 saturated heterocycles. The van der Waals surface area contributed by atoms with E-state index in [2.05, 4.69) is 18.2 Å². The van der Waals surface area contributed by atoms with Gasteiger partial charge in [0.25, 0.3) is 0 Å². The lowest BCUT2D eigenvalue weighted by Crippen LogP contribution is -1.78. The van der Waals surface area contributed by atoms with E-state index in [0.29, 0.717) is 0 Å². The van der Waals surface area contributed by atoms with E-state index in [1.165, 1.54) is 0 Å². The third-order valence-corrected chi connectivity index (χ3v) is 2.08. The molecule has 0 heterocycles. The van der Waals surface area contributed by atoms with E-state index in [-0.39, 0.29) is 0 Å². The van der Waals surface area contributed by atoms with Gasteiger partial charge < -0.3 is 0 Å². The van der Waals surface area contributed by atoms with Crippen LogP contribution in [0.15, 0.2) is 48.5 Å². The van der Waals surface area contributed by atoms with Crippen molar-refractivity contribution in [3.63, 3.8) is 0 Å². The van der Waals surface area contributed by atoms with Crippen LogP contribution in [0.2, 0.25) is 0 Å². The molecule has 0 amide bonds. The third kappa shape index (κ3) is 1.74. The molecular formula is C14H10. The van der Waals surface area contributed by atoms with Crippen LogP contribution in [0.1, 0.15) is 5.56 Å². The molecule has 0 aliphatic carbocycles.